The molecule has 0 saturated carbocycles. The molecule has 0 fully saturated rings. The van der Waals surface area contributed by atoms with E-state index in [4.69, 9.17) is 15.0 Å². The lowest BCUT2D eigenvalue weighted by Gasteiger charge is -2.35. The maximum absolute atomic E-state index is 5.13. The Morgan fingerprint density at radius 3 is 2.29 bits per heavy atom. The van der Waals surface area contributed by atoms with E-state index in [2.05, 4.69) is 263 Å². The van der Waals surface area contributed by atoms with Gasteiger partial charge in [0, 0.05) is 40.4 Å². The minimum Gasteiger partial charge on any atom is -0.313 e. The molecule has 4 heteroatoms. The molecule has 0 spiro atoms. The van der Waals surface area contributed by atoms with E-state index in [1.54, 1.807) is 0 Å². The molecule has 7 aliphatic rings. The van der Waals surface area contributed by atoms with Crippen LogP contribution >= 0.6 is 0 Å². The van der Waals surface area contributed by atoms with Gasteiger partial charge in [-0.2, -0.15) is 0 Å². The summed E-state index contributed by atoms with van der Waals surface area (Å²) in [5, 5.41) is 0. The first-order valence-corrected chi connectivity index (χ1v) is 27.0. The molecule has 1 aromatic heterocycles. The Morgan fingerprint density at radius 1 is 0.605 bits per heavy atom. The van der Waals surface area contributed by atoms with E-state index in [1.165, 1.54) is 83.8 Å². The Labute approximate surface area is 450 Å². The highest BCUT2D eigenvalue weighted by molar-refractivity contribution is 5.95. The van der Waals surface area contributed by atoms with Crippen LogP contribution in [0.15, 0.2) is 271 Å². The van der Waals surface area contributed by atoms with E-state index in [0.717, 1.165) is 66.8 Å². The van der Waals surface area contributed by atoms with Gasteiger partial charge in [0.25, 0.3) is 0 Å². The number of para-hydroxylation sites is 1. The number of aromatic nitrogens is 3. The van der Waals surface area contributed by atoms with Crippen molar-refractivity contribution in [1.29, 1.82) is 0 Å². The number of anilines is 1. The van der Waals surface area contributed by atoms with E-state index in [0.29, 0.717) is 18.1 Å². The van der Waals surface area contributed by atoms with Crippen molar-refractivity contribution in [3.05, 3.63) is 316 Å². The van der Waals surface area contributed by atoms with E-state index >= 15 is 0 Å². The second-order valence-electron chi connectivity index (χ2n) is 20.2. The van der Waals surface area contributed by atoms with Crippen molar-refractivity contribution in [1.82, 2.24) is 15.0 Å². The quantitative estimate of drug-likeness (QED) is 0.149. The van der Waals surface area contributed by atoms with Crippen molar-refractivity contribution in [2.45, 2.75) is 71.6 Å². The summed E-state index contributed by atoms with van der Waals surface area (Å²) in [6, 6.07) is 26.6. The van der Waals surface area contributed by atoms with Gasteiger partial charge < -0.3 is 4.90 Å². The summed E-state index contributed by atoms with van der Waals surface area (Å²) in [6.45, 7) is 10.9. The summed E-state index contributed by atoms with van der Waals surface area (Å²) in [7, 11) is 0. The maximum Gasteiger partial charge on any atom is 0.163 e. The first kappa shape index (κ1) is 49.5. The van der Waals surface area contributed by atoms with Crippen LogP contribution in [0.3, 0.4) is 0 Å². The fraction of sp³-hybridized carbons (Fsp3) is 0.153. The molecule has 4 nitrogen and oxygen atoms in total. The van der Waals surface area contributed by atoms with E-state index in [9.17, 15) is 0 Å². The van der Waals surface area contributed by atoms with Crippen molar-refractivity contribution in [2.75, 3.05) is 4.90 Å². The number of benzene rings is 3. The summed E-state index contributed by atoms with van der Waals surface area (Å²) >= 11 is 0. The molecule has 0 saturated heterocycles. The lowest BCUT2D eigenvalue weighted by Crippen LogP contribution is -2.25. The highest BCUT2D eigenvalue weighted by atomic mass is 15.2. The fourth-order valence-corrected chi connectivity index (χ4v) is 10.8. The largest absolute Gasteiger partial charge is 0.313 e. The predicted octanol–water partition coefficient (Wildman–Crippen LogP) is 18.4. The molecule has 3 aromatic carbocycles. The molecule has 0 amide bonds. The van der Waals surface area contributed by atoms with Crippen LogP contribution < -0.4 is 4.90 Å². The van der Waals surface area contributed by atoms with Crippen molar-refractivity contribution < 1.29 is 0 Å². The van der Waals surface area contributed by atoms with Gasteiger partial charge >= 0.3 is 0 Å². The van der Waals surface area contributed by atoms with Crippen LogP contribution in [0.25, 0.3) is 39.0 Å². The van der Waals surface area contributed by atoms with Gasteiger partial charge in [-0.3, -0.25) is 0 Å². The molecule has 1 unspecified atom stereocenters. The smallest absolute Gasteiger partial charge is 0.163 e. The number of allylic oxidation sites excluding steroid dienone is 37. The highest BCUT2D eigenvalue weighted by Gasteiger charge is 2.28. The molecule has 0 N–H and O–H groups in total. The van der Waals surface area contributed by atoms with Crippen LogP contribution in [-0.2, 0) is 0 Å². The van der Waals surface area contributed by atoms with Gasteiger partial charge in [0.2, 0.25) is 0 Å². The van der Waals surface area contributed by atoms with Gasteiger partial charge in [0.15, 0.2) is 11.6 Å². The van der Waals surface area contributed by atoms with Crippen LogP contribution in [0.4, 0.5) is 5.69 Å². The molecular weight excluding hydrogens is 921 g/mol. The Hall–Kier alpha value is -8.73. The topological polar surface area (TPSA) is 41.9 Å². The molecule has 2 heterocycles. The summed E-state index contributed by atoms with van der Waals surface area (Å²) in [4.78, 5) is 17.7. The SMILES string of the molecule is C=C1/C=C(C)\C=C/CC2=C(C=C(C3=CC=CC(c4cccc(C5=CC=C6CC(=C5)c5ccccc5N6C5=CC=C(c6nc(C7=CCC=CC=C7)nc(C(C)/C=C\C=C/CC)n6)CC=C5)c4)=CC3)CC=C2)c2ccccc21. The molecule has 4 aromatic rings. The van der Waals surface area contributed by atoms with Crippen LogP contribution in [0.5, 0.6) is 0 Å². The summed E-state index contributed by atoms with van der Waals surface area (Å²) < 4.78 is 0. The van der Waals surface area contributed by atoms with Crippen LogP contribution in [0.2, 0.25) is 0 Å². The number of nitrogens with zero attached hydrogens (tertiary/aromatic N) is 4. The molecular formula is C72H64N4. The molecule has 6 aliphatic carbocycles. The van der Waals surface area contributed by atoms with Crippen molar-refractivity contribution >= 4 is 44.7 Å². The molecule has 2 bridgehead atoms. The second kappa shape index (κ2) is 22.8. The molecule has 1 atom stereocenters. The molecule has 1 aliphatic heterocycles. The number of rotatable bonds is 10. The third-order valence-electron chi connectivity index (χ3n) is 14.8. The second-order valence-corrected chi connectivity index (χ2v) is 20.2. The van der Waals surface area contributed by atoms with Gasteiger partial charge in [-0.15, -0.1) is 0 Å². The monoisotopic (exact) mass is 985 g/mol. The van der Waals surface area contributed by atoms with E-state index in [1.807, 2.05) is 0 Å². The number of hydrogen-bond donors (Lipinski definition) is 0. The molecule has 11 rings (SSSR count). The lowest BCUT2D eigenvalue weighted by molar-refractivity contribution is 0.801. The van der Waals surface area contributed by atoms with E-state index in [-0.39, 0.29) is 5.92 Å². The van der Waals surface area contributed by atoms with Gasteiger partial charge in [-0.25, -0.2) is 15.0 Å². The lowest BCUT2D eigenvalue weighted by atomic mass is 9.88. The van der Waals surface area contributed by atoms with Crippen molar-refractivity contribution in [3.8, 4) is 0 Å². The summed E-state index contributed by atoms with van der Waals surface area (Å²) in [5.74, 6) is 2.19. The van der Waals surface area contributed by atoms with Gasteiger partial charge in [0.05, 0.1) is 5.69 Å². The Kier molecular flexibility index (Phi) is 14.8. The van der Waals surface area contributed by atoms with Gasteiger partial charge in [-0.05, 0) is 143 Å². The maximum atomic E-state index is 5.13. The molecule has 0 radical (unpaired) electrons. The first-order chi connectivity index (χ1) is 37.4. The zero-order valence-electron chi connectivity index (χ0n) is 44.0. The van der Waals surface area contributed by atoms with Gasteiger partial charge in [0.1, 0.15) is 5.82 Å². The third-order valence-corrected chi connectivity index (χ3v) is 14.8. The zero-order valence-corrected chi connectivity index (χ0v) is 44.0. The highest BCUT2D eigenvalue weighted by Crippen LogP contribution is 2.46. The molecule has 76 heavy (non-hydrogen) atoms. The van der Waals surface area contributed by atoms with Gasteiger partial charge in [-0.1, -0.05) is 226 Å². The molecule has 372 valence electrons. The van der Waals surface area contributed by atoms with E-state index < -0.39 is 0 Å². The predicted molar refractivity (Wildman–Crippen MR) is 323 cm³/mol. The van der Waals surface area contributed by atoms with Crippen molar-refractivity contribution in [3.63, 3.8) is 0 Å². The van der Waals surface area contributed by atoms with Crippen LogP contribution in [-0.4, -0.2) is 15.0 Å². The Balaban J connectivity index is 0.876. The minimum absolute atomic E-state index is 0.0115. The average Bonchev–Trinajstić information content (AvgIpc) is 4.12. The first-order valence-electron chi connectivity index (χ1n) is 27.0. The van der Waals surface area contributed by atoms with Crippen molar-refractivity contribution in [2.24, 2.45) is 0 Å². The minimum atomic E-state index is 0.0115. The fourth-order valence-electron chi connectivity index (χ4n) is 10.8. The van der Waals surface area contributed by atoms with Crippen LogP contribution in [0, 0.1) is 0 Å². The normalized spacial score (nSPS) is 19.8. The Bertz CT molecular complexity index is 3650. The standard InChI is InChI=1S/C72H64N4/c1-5-6-7-10-23-51(3)70-73-71(56-24-11-8-9-12-25-56)75-72(74-70)57-30-21-34-63(43-41-57)76-64-44-42-61(47-62(48-64)66-36-15-16-38-69(66)76)59-32-20-31-58(46-59)53-26-18-27-54(40-39-53)60-33-19-29-55-28-17-22-50(2)45-52(4)65-35-13-14-37-67(65)68(55)49-60/h6-11,13-27,29,31-32,34-39,41-47,49,51H,4-5,12,28,30,33,40,48H2,1-3H3/b7-6-,22-17-,23-10-,50-45-. The Morgan fingerprint density at radius 2 is 1.39 bits per heavy atom. The zero-order chi connectivity index (χ0) is 51.8. The number of fused-ring (bicyclic) bond motifs is 6. The summed E-state index contributed by atoms with van der Waals surface area (Å²) in [5.41, 5.74) is 22.9. The number of hydrogen-bond acceptors (Lipinski definition) is 4. The summed E-state index contributed by atoms with van der Waals surface area (Å²) in [6.07, 6.45) is 64.1. The van der Waals surface area contributed by atoms with Crippen LogP contribution in [0.1, 0.15) is 117 Å². The average molecular weight is 985 g/mol. The third kappa shape index (κ3) is 10.9.